The van der Waals surface area contributed by atoms with E-state index in [-0.39, 0.29) is 11.9 Å². The fourth-order valence-electron chi connectivity index (χ4n) is 2.56. The van der Waals surface area contributed by atoms with Gasteiger partial charge in [0, 0.05) is 5.02 Å². The highest BCUT2D eigenvalue weighted by Gasteiger charge is 2.16. The lowest BCUT2D eigenvalue weighted by Gasteiger charge is -2.21. The Hall–Kier alpha value is -1.38. The van der Waals surface area contributed by atoms with E-state index >= 15 is 0 Å². The fourth-order valence-corrected chi connectivity index (χ4v) is 2.84. The van der Waals surface area contributed by atoms with Gasteiger partial charge in [-0.3, -0.25) is 0 Å². The molecule has 0 aliphatic carbocycles. The minimum Gasteiger partial charge on any atom is -0.306 e. The zero-order chi connectivity index (χ0) is 15.2. The summed E-state index contributed by atoms with van der Waals surface area (Å²) in [4.78, 5) is 0. The zero-order valence-corrected chi connectivity index (χ0v) is 13.3. The van der Waals surface area contributed by atoms with Crippen LogP contribution >= 0.6 is 11.6 Å². The summed E-state index contributed by atoms with van der Waals surface area (Å²) in [6.45, 7) is 5.04. The summed E-state index contributed by atoms with van der Waals surface area (Å²) < 4.78 is 13.3. The van der Waals surface area contributed by atoms with Crippen molar-refractivity contribution in [1.29, 1.82) is 0 Å². The van der Waals surface area contributed by atoms with Gasteiger partial charge >= 0.3 is 0 Å². The van der Waals surface area contributed by atoms with Crippen molar-refractivity contribution in [3.8, 4) is 0 Å². The van der Waals surface area contributed by atoms with Crippen LogP contribution in [0.4, 0.5) is 4.39 Å². The Morgan fingerprint density at radius 3 is 2.62 bits per heavy atom. The average molecular weight is 306 g/mol. The quantitative estimate of drug-likeness (QED) is 0.780. The molecule has 0 heterocycles. The summed E-state index contributed by atoms with van der Waals surface area (Å²) in [5.74, 6) is -0.307. The topological polar surface area (TPSA) is 12.0 Å². The van der Waals surface area contributed by atoms with Gasteiger partial charge in [-0.2, -0.15) is 0 Å². The summed E-state index contributed by atoms with van der Waals surface area (Å²) in [6.07, 6.45) is 2.18. The van der Waals surface area contributed by atoms with E-state index in [1.165, 1.54) is 17.7 Å². The van der Waals surface area contributed by atoms with Gasteiger partial charge < -0.3 is 5.32 Å². The summed E-state index contributed by atoms with van der Waals surface area (Å²) in [6, 6.07) is 13.1. The molecule has 0 fully saturated rings. The van der Waals surface area contributed by atoms with Gasteiger partial charge in [0.25, 0.3) is 0 Å². The first-order chi connectivity index (χ1) is 10.2. The molecule has 0 spiro atoms. The van der Waals surface area contributed by atoms with E-state index in [0.29, 0.717) is 5.02 Å². The van der Waals surface area contributed by atoms with E-state index in [0.717, 1.165) is 30.5 Å². The van der Waals surface area contributed by atoms with Crippen LogP contribution < -0.4 is 5.32 Å². The first-order valence-corrected chi connectivity index (χ1v) is 7.80. The number of hydrogen-bond donors (Lipinski definition) is 1. The lowest BCUT2D eigenvalue weighted by molar-refractivity contribution is 0.613. The number of benzene rings is 2. The Bertz CT molecular complexity index is 598. The molecule has 0 radical (unpaired) electrons. The molecule has 112 valence electrons. The van der Waals surface area contributed by atoms with Crippen molar-refractivity contribution in [3.05, 3.63) is 70.0 Å². The third-order valence-electron chi connectivity index (χ3n) is 3.50. The predicted molar refractivity (Wildman–Crippen MR) is 87.4 cm³/mol. The standard InChI is InChI=1S/C18H21ClFN/c1-3-6-13-7-5-8-14(11-13)18(21-4-2)16-10-9-15(20)12-17(16)19/h5,7-12,18,21H,3-4,6H2,1-2H3. The maximum atomic E-state index is 13.3. The molecule has 0 saturated heterocycles. The lowest BCUT2D eigenvalue weighted by Crippen LogP contribution is -2.22. The number of hydrogen-bond acceptors (Lipinski definition) is 1. The average Bonchev–Trinajstić information content (AvgIpc) is 2.46. The molecule has 1 atom stereocenters. The summed E-state index contributed by atoms with van der Waals surface area (Å²) in [5.41, 5.74) is 3.39. The van der Waals surface area contributed by atoms with E-state index in [2.05, 4.69) is 43.4 Å². The molecule has 21 heavy (non-hydrogen) atoms. The van der Waals surface area contributed by atoms with Crippen LogP contribution in [0, 0.1) is 5.82 Å². The summed E-state index contributed by atoms with van der Waals surface area (Å²) in [5, 5.41) is 3.90. The molecule has 2 aromatic rings. The SMILES string of the molecule is CCCc1cccc(C(NCC)c2ccc(F)cc2Cl)c1. The van der Waals surface area contributed by atoms with Crippen molar-refractivity contribution in [2.75, 3.05) is 6.54 Å². The molecular formula is C18H21ClFN. The molecule has 0 saturated carbocycles. The lowest BCUT2D eigenvalue weighted by atomic mass is 9.96. The molecular weight excluding hydrogens is 285 g/mol. The Kier molecular flexibility index (Phi) is 5.77. The van der Waals surface area contributed by atoms with Gasteiger partial charge in [-0.25, -0.2) is 4.39 Å². The van der Waals surface area contributed by atoms with Gasteiger partial charge in [0.05, 0.1) is 6.04 Å². The van der Waals surface area contributed by atoms with Crippen LogP contribution in [0.1, 0.15) is 43.0 Å². The smallest absolute Gasteiger partial charge is 0.124 e. The van der Waals surface area contributed by atoms with Crippen LogP contribution in [0.2, 0.25) is 5.02 Å². The molecule has 1 nitrogen and oxygen atoms in total. The maximum Gasteiger partial charge on any atom is 0.124 e. The van der Waals surface area contributed by atoms with Gasteiger partial charge in [0.1, 0.15) is 5.82 Å². The molecule has 0 aliphatic rings. The van der Waals surface area contributed by atoms with Crippen molar-refractivity contribution in [2.45, 2.75) is 32.7 Å². The number of aryl methyl sites for hydroxylation is 1. The van der Waals surface area contributed by atoms with Crippen LogP contribution in [-0.2, 0) is 6.42 Å². The first-order valence-electron chi connectivity index (χ1n) is 7.42. The van der Waals surface area contributed by atoms with Crippen LogP contribution in [-0.4, -0.2) is 6.54 Å². The number of rotatable bonds is 6. The molecule has 0 amide bonds. The van der Waals surface area contributed by atoms with Crippen molar-refractivity contribution < 1.29 is 4.39 Å². The monoisotopic (exact) mass is 305 g/mol. The molecule has 0 aliphatic heterocycles. The second-order valence-electron chi connectivity index (χ2n) is 5.15. The molecule has 1 N–H and O–H groups in total. The van der Waals surface area contributed by atoms with Gasteiger partial charge in [0.15, 0.2) is 0 Å². The van der Waals surface area contributed by atoms with Gasteiger partial charge in [-0.15, -0.1) is 0 Å². The first kappa shape index (κ1) is 16.0. The normalized spacial score (nSPS) is 12.4. The molecule has 3 heteroatoms. The maximum absolute atomic E-state index is 13.3. The molecule has 0 aromatic heterocycles. The Morgan fingerprint density at radius 2 is 1.95 bits per heavy atom. The van der Waals surface area contributed by atoms with Gasteiger partial charge in [-0.05, 0) is 41.8 Å². The Morgan fingerprint density at radius 1 is 1.14 bits per heavy atom. The molecule has 2 rings (SSSR count). The van der Waals surface area contributed by atoms with Crippen molar-refractivity contribution in [1.82, 2.24) is 5.32 Å². The van der Waals surface area contributed by atoms with E-state index in [9.17, 15) is 4.39 Å². The van der Waals surface area contributed by atoms with Crippen LogP contribution in [0.15, 0.2) is 42.5 Å². The summed E-state index contributed by atoms with van der Waals surface area (Å²) >= 11 is 6.23. The van der Waals surface area contributed by atoms with E-state index in [1.807, 2.05) is 0 Å². The zero-order valence-electron chi connectivity index (χ0n) is 12.5. The van der Waals surface area contributed by atoms with Crippen molar-refractivity contribution >= 4 is 11.6 Å². The largest absolute Gasteiger partial charge is 0.306 e. The highest BCUT2D eigenvalue weighted by molar-refractivity contribution is 6.31. The third-order valence-corrected chi connectivity index (χ3v) is 3.83. The van der Waals surface area contributed by atoms with Crippen molar-refractivity contribution in [2.24, 2.45) is 0 Å². The van der Waals surface area contributed by atoms with Gasteiger partial charge in [0.2, 0.25) is 0 Å². The molecule has 0 bridgehead atoms. The third kappa shape index (κ3) is 4.05. The highest BCUT2D eigenvalue weighted by Crippen LogP contribution is 2.29. The minimum atomic E-state index is -0.307. The number of halogens is 2. The Balaban J connectivity index is 2.40. The van der Waals surface area contributed by atoms with E-state index < -0.39 is 0 Å². The molecule has 2 aromatic carbocycles. The fraction of sp³-hybridized carbons (Fsp3) is 0.333. The molecule has 1 unspecified atom stereocenters. The highest BCUT2D eigenvalue weighted by atomic mass is 35.5. The summed E-state index contributed by atoms with van der Waals surface area (Å²) in [7, 11) is 0. The number of nitrogens with one attached hydrogen (secondary N) is 1. The Labute approximate surface area is 131 Å². The second-order valence-corrected chi connectivity index (χ2v) is 5.56. The van der Waals surface area contributed by atoms with Crippen LogP contribution in [0.5, 0.6) is 0 Å². The van der Waals surface area contributed by atoms with Crippen LogP contribution in [0.3, 0.4) is 0 Å². The van der Waals surface area contributed by atoms with Crippen molar-refractivity contribution in [3.63, 3.8) is 0 Å². The minimum absolute atomic E-state index is 0.0140. The predicted octanol–water partition coefficient (Wildman–Crippen LogP) is 5.13. The van der Waals surface area contributed by atoms with E-state index in [4.69, 9.17) is 11.6 Å². The second kappa shape index (κ2) is 7.58. The van der Waals surface area contributed by atoms with Gasteiger partial charge in [-0.1, -0.05) is 62.2 Å². The van der Waals surface area contributed by atoms with Crippen LogP contribution in [0.25, 0.3) is 0 Å². The van der Waals surface area contributed by atoms with E-state index in [1.54, 1.807) is 6.07 Å².